The summed E-state index contributed by atoms with van der Waals surface area (Å²) >= 11 is 0. The fourth-order valence-electron chi connectivity index (χ4n) is 0. The Morgan fingerprint density at radius 1 is 1.12 bits per heavy atom. The Balaban J connectivity index is -0.00000000800. The van der Waals surface area contributed by atoms with E-state index in [0.29, 0.717) is 0 Å². The second kappa shape index (κ2) is 7.56. The van der Waals surface area contributed by atoms with E-state index in [2.05, 4.69) is 0 Å². The fourth-order valence-corrected chi connectivity index (χ4v) is 0. The summed E-state index contributed by atoms with van der Waals surface area (Å²) in [6.07, 6.45) is 0. The second-order valence-electron chi connectivity index (χ2n) is 0.448. The zero-order valence-electron chi connectivity index (χ0n) is 6.24. The van der Waals surface area contributed by atoms with E-state index in [1.165, 1.54) is 0 Å². The van der Waals surface area contributed by atoms with Crippen LogP contribution in [0.5, 0.6) is 0 Å². The molecule has 0 aromatic carbocycles. The van der Waals surface area contributed by atoms with E-state index in [4.69, 9.17) is 17.5 Å². The largest absolute Gasteiger partial charge is 2.00 e. The quantitative estimate of drug-likeness (QED) is 0.277. The van der Waals surface area contributed by atoms with Crippen molar-refractivity contribution < 1.29 is 20.4 Å². The van der Waals surface area contributed by atoms with Gasteiger partial charge in [-0.05, 0) is 0 Å². The maximum atomic E-state index is 8.74. The second-order valence-corrected chi connectivity index (χ2v) is 1.34. The average Bonchev–Trinajstić information content (AvgIpc) is 0.722. The summed E-state index contributed by atoms with van der Waals surface area (Å²) in [5.74, 6) is 0. The Morgan fingerprint density at radius 3 is 1.12 bits per heavy atom. The molecule has 8 N–H and O–H groups in total. The summed E-state index contributed by atoms with van der Waals surface area (Å²) in [5.41, 5.74) is 0. The molecule has 0 saturated heterocycles. The first-order valence-corrected chi connectivity index (χ1v) is 2.10. The third-order valence-electron chi connectivity index (χ3n) is 0. The van der Waals surface area contributed by atoms with Gasteiger partial charge < -0.3 is 15.2 Å². The van der Waals surface area contributed by atoms with Crippen molar-refractivity contribution in [2.75, 3.05) is 0 Å². The third-order valence-corrected chi connectivity index (χ3v) is 0. The molecule has 0 aromatic heterocycles. The van der Waals surface area contributed by atoms with Crippen molar-refractivity contribution >= 4 is 33.5 Å². The monoisotopic (exact) mass is 158 g/mol. The summed E-state index contributed by atoms with van der Waals surface area (Å²) in [6.45, 7) is 0. The van der Waals surface area contributed by atoms with Crippen LogP contribution < -0.4 is 12.3 Å². The molecule has 0 unspecified atom stereocenters. The van der Waals surface area contributed by atoms with Crippen molar-refractivity contribution in [3.8, 4) is 0 Å². The van der Waals surface area contributed by atoms with Crippen LogP contribution in [0.15, 0.2) is 0 Å². The zero-order chi connectivity index (χ0) is 4.50. The standard InChI is InChI=1S/Mg.2H3N.H2O4S.2H/c;;;1-5(2,3)4;;/h;2*1H3;(H2,1,2,3,4);;/q+2;;;;2*-1. The Hall–Kier alpha value is 0.556. The van der Waals surface area contributed by atoms with Gasteiger partial charge in [-0.2, -0.15) is 8.42 Å². The Labute approximate surface area is 66.5 Å². The normalized spacial score (nSPS) is 7.25. The molecule has 8 heavy (non-hydrogen) atoms. The molecule has 52 valence electrons. The van der Waals surface area contributed by atoms with Crippen LogP contribution in [-0.4, -0.2) is 40.6 Å². The van der Waals surface area contributed by atoms with E-state index in [9.17, 15) is 0 Å². The van der Waals surface area contributed by atoms with Crippen LogP contribution in [0, 0.1) is 0 Å². The molecule has 0 atom stereocenters. The topological polar surface area (TPSA) is 145 Å². The van der Waals surface area contributed by atoms with E-state index in [0.717, 1.165) is 0 Å². The first-order valence-electron chi connectivity index (χ1n) is 0.698. The first-order chi connectivity index (χ1) is 2.00. The fraction of sp³-hybridized carbons (Fsp3) is 0. The van der Waals surface area contributed by atoms with Crippen LogP contribution in [0.1, 0.15) is 2.85 Å². The third kappa shape index (κ3) is 654. The van der Waals surface area contributed by atoms with Gasteiger partial charge in [0, 0.05) is 0 Å². The summed E-state index contributed by atoms with van der Waals surface area (Å²) in [6, 6.07) is 0. The molecule has 0 aliphatic carbocycles. The predicted molar refractivity (Wildman–Crippen MR) is 32.2 cm³/mol. The molecule has 0 heterocycles. The first kappa shape index (κ1) is 23.5. The van der Waals surface area contributed by atoms with Crippen LogP contribution in [-0.2, 0) is 10.4 Å². The van der Waals surface area contributed by atoms with Gasteiger partial charge in [-0.3, -0.25) is 9.11 Å². The Bertz CT molecular complexity index is 104. The molecule has 0 fully saturated rings. The maximum absolute atomic E-state index is 8.74. The van der Waals surface area contributed by atoms with Gasteiger partial charge in [0.05, 0.1) is 0 Å². The SMILES string of the molecule is N.N.O=S(=O)(O)O.[H-].[H-].[Mg+2]. The Morgan fingerprint density at radius 2 is 1.12 bits per heavy atom. The van der Waals surface area contributed by atoms with Crippen molar-refractivity contribution in [3.63, 3.8) is 0 Å². The number of hydrogen-bond donors (Lipinski definition) is 4. The van der Waals surface area contributed by atoms with Crippen LogP contribution >= 0.6 is 0 Å². The molecule has 0 aromatic rings. The molecule has 8 heteroatoms. The molecule has 0 bridgehead atoms. The molecule has 0 saturated carbocycles. The van der Waals surface area contributed by atoms with Gasteiger partial charge in [-0.15, -0.1) is 0 Å². The van der Waals surface area contributed by atoms with Crippen molar-refractivity contribution in [2.24, 2.45) is 0 Å². The van der Waals surface area contributed by atoms with Gasteiger partial charge in [-0.25, -0.2) is 0 Å². The van der Waals surface area contributed by atoms with Crippen molar-refractivity contribution in [1.82, 2.24) is 12.3 Å². The van der Waals surface area contributed by atoms with E-state index in [-0.39, 0.29) is 38.2 Å². The van der Waals surface area contributed by atoms with Gasteiger partial charge in [0.2, 0.25) is 0 Å². The summed E-state index contributed by atoms with van der Waals surface area (Å²) in [4.78, 5) is 0. The van der Waals surface area contributed by atoms with E-state index in [1.807, 2.05) is 0 Å². The molecule has 0 aliphatic rings. The molecule has 0 amide bonds. The number of hydrogen-bond acceptors (Lipinski definition) is 4. The minimum absolute atomic E-state index is 0. The molecule has 0 rings (SSSR count). The number of rotatable bonds is 0. The van der Waals surface area contributed by atoms with Gasteiger partial charge in [0.25, 0.3) is 0 Å². The smallest absolute Gasteiger partial charge is 1.00 e. The van der Waals surface area contributed by atoms with Crippen molar-refractivity contribution in [2.45, 2.75) is 0 Å². The zero-order valence-corrected chi connectivity index (χ0v) is 6.47. The van der Waals surface area contributed by atoms with Gasteiger partial charge in [-0.1, -0.05) is 0 Å². The van der Waals surface area contributed by atoms with E-state index in [1.54, 1.807) is 0 Å². The van der Waals surface area contributed by atoms with E-state index < -0.39 is 10.4 Å². The van der Waals surface area contributed by atoms with Crippen molar-refractivity contribution in [1.29, 1.82) is 0 Å². The van der Waals surface area contributed by atoms with Crippen LogP contribution in [0.2, 0.25) is 0 Å². The summed E-state index contributed by atoms with van der Waals surface area (Å²) < 4.78 is 31.6. The predicted octanol–water partition coefficient (Wildman–Crippen LogP) is -0.485. The van der Waals surface area contributed by atoms with Gasteiger partial charge in [0.15, 0.2) is 0 Å². The van der Waals surface area contributed by atoms with Gasteiger partial charge >= 0.3 is 33.5 Å². The minimum Gasteiger partial charge on any atom is -1.00 e. The molecular formula is H10MgN2O4S. The maximum Gasteiger partial charge on any atom is 2.00 e. The molecule has 6 nitrogen and oxygen atoms in total. The molecular weight excluding hydrogens is 148 g/mol. The molecule has 0 spiro atoms. The van der Waals surface area contributed by atoms with Gasteiger partial charge in [0.1, 0.15) is 0 Å². The summed E-state index contributed by atoms with van der Waals surface area (Å²) in [7, 11) is -4.67. The summed E-state index contributed by atoms with van der Waals surface area (Å²) in [5, 5.41) is 0. The molecule has 0 aliphatic heterocycles. The van der Waals surface area contributed by atoms with Crippen molar-refractivity contribution in [3.05, 3.63) is 0 Å². The van der Waals surface area contributed by atoms with Crippen LogP contribution in [0.25, 0.3) is 0 Å². The van der Waals surface area contributed by atoms with Crippen LogP contribution in [0.4, 0.5) is 0 Å². The average molecular weight is 158 g/mol. The Kier molecular flexibility index (Phi) is 22.2. The minimum atomic E-state index is -4.67. The molecule has 0 radical (unpaired) electrons. The van der Waals surface area contributed by atoms with E-state index >= 15 is 0 Å². The van der Waals surface area contributed by atoms with Crippen LogP contribution in [0.3, 0.4) is 0 Å².